The predicted molar refractivity (Wildman–Crippen MR) is 72.7 cm³/mol. The van der Waals surface area contributed by atoms with Crippen LogP contribution in [0.2, 0.25) is 0 Å². The summed E-state index contributed by atoms with van der Waals surface area (Å²) in [6.45, 7) is 2.10. The number of nitrogens with one attached hydrogen (secondary N) is 1. The van der Waals surface area contributed by atoms with E-state index in [1.54, 1.807) is 11.3 Å². The zero-order valence-electron chi connectivity index (χ0n) is 8.75. The monoisotopic (exact) mass is 364 g/mol. The molecule has 0 bridgehead atoms. The van der Waals surface area contributed by atoms with E-state index in [-0.39, 0.29) is 0 Å². The van der Waals surface area contributed by atoms with Gasteiger partial charge in [0, 0.05) is 23.2 Å². The van der Waals surface area contributed by atoms with E-state index in [0.717, 1.165) is 15.2 Å². The average Bonchev–Trinajstić information content (AvgIpc) is 2.86. The van der Waals surface area contributed by atoms with Crippen LogP contribution in [0.25, 0.3) is 10.8 Å². The zero-order valence-corrected chi connectivity index (χ0v) is 12.7. The summed E-state index contributed by atoms with van der Waals surface area (Å²) >= 11 is 8.33. The van der Waals surface area contributed by atoms with E-state index < -0.39 is 0 Å². The number of rotatable bonds is 3. The summed E-state index contributed by atoms with van der Waals surface area (Å²) in [6.07, 6.45) is 1.88. The Bertz CT molecular complexity index is 475. The average molecular weight is 366 g/mol. The Balaban J connectivity index is 2.31. The molecule has 2 heterocycles. The first kappa shape index (κ1) is 12.3. The van der Waals surface area contributed by atoms with Crippen LogP contribution in [0.3, 0.4) is 0 Å². The molecule has 0 saturated heterocycles. The molecule has 2 rings (SSSR count). The molecule has 0 radical (unpaired) electrons. The van der Waals surface area contributed by atoms with Gasteiger partial charge in [-0.05, 0) is 45.8 Å². The van der Waals surface area contributed by atoms with Crippen molar-refractivity contribution in [2.45, 2.75) is 13.0 Å². The molecule has 1 unspecified atom stereocenters. The van der Waals surface area contributed by atoms with Crippen molar-refractivity contribution in [3.63, 3.8) is 0 Å². The van der Waals surface area contributed by atoms with Gasteiger partial charge in [0.2, 0.25) is 0 Å². The Hall–Kier alpha value is -0.170. The number of aromatic nitrogens is 1. The van der Waals surface area contributed by atoms with Crippen molar-refractivity contribution in [2.24, 2.45) is 0 Å². The molecule has 0 spiro atoms. The highest BCUT2D eigenvalue weighted by atomic mass is 79.9. The molecule has 0 aliphatic rings. The molecule has 0 saturated carbocycles. The molecule has 16 heavy (non-hydrogen) atoms. The number of furan rings is 1. The molecule has 1 N–H and O–H groups in total. The fourth-order valence-corrected chi connectivity index (χ4v) is 2.70. The van der Waals surface area contributed by atoms with Gasteiger partial charge in [-0.1, -0.05) is 0 Å². The molecule has 0 amide bonds. The summed E-state index contributed by atoms with van der Waals surface area (Å²) in [7, 11) is 1.93. The van der Waals surface area contributed by atoms with Crippen LogP contribution in [-0.4, -0.2) is 12.0 Å². The largest absolute Gasteiger partial charge is 0.446 e. The standard InChI is InChI=1S/C10H10Br2N2OS/c1-5(13-2)8-4-14-10(16-8)7-3-6(11)9(12)15-7/h3-5,13H,1-2H3. The van der Waals surface area contributed by atoms with Crippen LogP contribution in [-0.2, 0) is 0 Å². The molecule has 0 aliphatic carbocycles. The quantitative estimate of drug-likeness (QED) is 0.885. The Morgan fingerprint density at radius 3 is 2.81 bits per heavy atom. The molecule has 1 atom stereocenters. The van der Waals surface area contributed by atoms with Gasteiger partial charge in [-0.25, -0.2) is 4.98 Å². The third kappa shape index (κ3) is 2.40. The second kappa shape index (κ2) is 5.00. The third-order valence-corrected chi connectivity index (χ3v) is 5.14. The summed E-state index contributed by atoms with van der Waals surface area (Å²) in [5.74, 6) is 0.776. The molecule has 2 aromatic rings. The lowest BCUT2D eigenvalue weighted by Crippen LogP contribution is -2.10. The highest BCUT2D eigenvalue weighted by Crippen LogP contribution is 2.35. The van der Waals surface area contributed by atoms with Crippen molar-refractivity contribution < 1.29 is 4.42 Å². The summed E-state index contributed by atoms with van der Waals surface area (Å²) in [5.41, 5.74) is 0. The first-order valence-corrected chi connectivity index (χ1v) is 7.10. The van der Waals surface area contributed by atoms with Crippen LogP contribution in [0.4, 0.5) is 0 Å². The number of hydrogen-bond donors (Lipinski definition) is 1. The van der Waals surface area contributed by atoms with E-state index in [2.05, 4.69) is 49.1 Å². The van der Waals surface area contributed by atoms with Gasteiger partial charge in [-0.3, -0.25) is 0 Å². The molecule has 6 heteroatoms. The van der Waals surface area contributed by atoms with Gasteiger partial charge in [0.15, 0.2) is 15.4 Å². The van der Waals surface area contributed by atoms with Crippen molar-refractivity contribution in [1.29, 1.82) is 0 Å². The highest BCUT2D eigenvalue weighted by Gasteiger charge is 2.14. The minimum atomic E-state index is 0.313. The molecule has 0 aliphatic heterocycles. The lowest BCUT2D eigenvalue weighted by atomic mass is 10.3. The number of thiazole rings is 1. The fraction of sp³-hybridized carbons (Fsp3) is 0.300. The number of halogens is 2. The van der Waals surface area contributed by atoms with E-state index >= 15 is 0 Å². The van der Waals surface area contributed by atoms with Gasteiger partial charge in [0.1, 0.15) is 0 Å². The summed E-state index contributed by atoms with van der Waals surface area (Å²) in [5, 5.41) is 4.08. The van der Waals surface area contributed by atoms with E-state index in [9.17, 15) is 0 Å². The van der Waals surface area contributed by atoms with Crippen molar-refractivity contribution >= 4 is 43.2 Å². The molecular formula is C10H10Br2N2OS. The topological polar surface area (TPSA) is 38.1 Å². The summed E-state index contributed by atoms with van der Waals surface area (Å²) in [4.78, 5) is 5.55. The first-order valence-electron chi connectivity index (χ1n) is 4.70. The minimum Gasteiger partial charge on any atom is -0.446 e. The number of nitrogens with zero attached hydrogens (tertiary/aromatic N) is 1. The van der Waals surface area contributed by atoms with Gasteiger partial charge in [0.05, 0.1) is 4.47 Å². The molecule has 2 aromatic heterocycles. The maximum absolute atomic E-state index is 5.52. The summed E-state index contributed by atoms with van der Waals surface area (Å²) in [6, 6.07) is 2.23. The summed E-state index contributed by atoms with van der Waals surface area (Å²) < 4.78 is 7.12. The van der Waals surface area contributed by atoms with E-state index in [1.807, 2.05) is 19.3 Å². The van der Waals surface area contributed by atoms with Crippen LogP contribution in [0.1, 0.15) is 17.8 Å². The Kier molecular flexibility index (Phi) is 3.84. The van der Waals surface area contributed by atoms with Gasteiger partial charge >= 0.3 is 0 Å². The molecule has 0 fully saturated rings. The van der Waals surface area contributed by atoms with Gasteiger partial charge in [0.25, 0.3) is 0 Å². The van der Waals surface area contributed by atoms with Crippen LogP contribution >= 0.6 is 43.2 Å². The van der Waals surface area contributed by atoms with Crippen molar-refractivity contribution in [2.75, 3.05) is 7.05 Å². The normalized spacial score (nSPS) is 13.0. The maximum atomic E-state index is 5.52. The fourth-order valence-electron chi connectivity index (χ4n) is 1.19. The predicted octanol–water partition coefficient (Wildman–Crippen LogP) is 4.21. The van der Waals surface area contributed by atoms with Crippen LogP contribution in [0, 0.1) is 0 Å². The van der Waals surface area contributed by atoms with Crippen molar-refractivity contribution in [1.82, 2.24) is 10.3 Å². The Morgan fingerprint density at radius 2 is 2.25 bits per heavy atom. The SMILES string of the molecule is CNC(C)c1cnc(-c2cc(Br)c(Br)o2)s1. The van der Waals surface area contributed by atoms with E-state index in [4.69, 9.17) is 4.42 Å². The Labute approximate surface area is 115 Å². The van der Waals surface area contributed by atoms with Crippen LogP contribution in [0.15, 0.2) is 25.8 Å². The van der Waals surface area contributed by atoms with Gasteiger partial charge in [-0.15, -0.1) is 11.3 Å². The number of hydrogen-bond acceptors (Lipinski definition) is 4. The molecule has 86 valence electrons. The second-order valence-corrected chi connectivity index (χ2v) is 5.95. The van der Waals surface area contributed by atoms with Gasteiger partial charge in [-0.2, -0.15) is 0 Å². The van der Waals surface area contributed by atoms with Crippen molar-refractivity contribution in [3.05, 3.63) is 26.3 Å². The van der Waals surface area contributed by atoms with Gasteiger partial charge < -0.3 is 9.73 Å². The molecular weight excluding hydrogens is 356 g/mol. The van der Waals surface area contributed by atoms with Crippen LogP contribution in [0.5, 0.6) is 0 Å². The lowest BCUT2D eigenvalue weighted by Gasteiger charge is -2.04. The third-order valence-electron chi connectivity index (χ3n) is 2.24. The smallest absolute Gasteiger partial charge is 0.184 e. The van der Waals surface area contributed by atoms with Crippen LogP contribution < -0.4 is 5.32 Å². The lowest BCUT2D eigenvalue weighted by molar-refractivity contribution is 0.553. The Morgan fingerprint density at radius 1 is 1.50 bits per heavy atom. The minimum absolute atomic E-state index is 0.313. The maximum Gasteiger partial charge on any atom is 0.184 e. The second-order valence-electron chi connectivity index (χ2n) is 3.31. The van der Waals surface area contributed by atoms with Crippen molar-refractivity contribution in [3.8, 4) is 10.8 Å². The first-order chi connectivity index (χ1) is 7.61. The van der Waals surface area contributed by atoms with E-state index in [1.165, 1.54) is 4.88 Å². The highest BCUT2D eigenvalue weighted by molar-refractivity contribution is 9.13. The molecule has 0 aromatic carbocycles. The molecule has 3 nitrogen and oxygen atoms in total. The zero-order chi connectivity index (χ0) is 11.7. The van der Waals surface area contributed by atoms with E-state index in [0.29, 0.717) is 10.7 Å².